The Labute approximate surface area is 535 Å². The van der Waals surface area contributed by atoms with Gasteiger partial charge in [0, 0.05) is 6.42 Å². The van der Waals surface area contributed by atoms with Gasteiger partial charge in [-0.05, 0) is 89.9 Å². The predicted octanol–water partition coefficient (Wildman–Crippen LogP) is 19.3. The third-order valence-corrected chi connectivity index (χ3v) is 17.4. The molecule has 0 aromatic heterocycles. The Morgan fingerprint density at radius 2 is 0.793 bits per heavy atom. The summed E-state index contributed by atoms with van der Waals surface area (Å²) in [5, 5.41) is 57.3. The first kappa shape index (κ1) is 82.4. The SMILES string of the molecule is CCCCC/C=C\C/C=C\C/C=C\CCCCCCCCCCCCCCCC(O)C(=O)NC(COC1OC(CO)C(O)C(O)C1OC(=O)CCCCCCCCCCCCC/C=C/CCCCCCCC)C(O)/C=C/CCCCCCCCCCC. The summed E-state index contributed by atoms with van der Waals surface area (Å²) in [5.41, 5.74) is 0. The zero-order chi connectivity index (χ0) is 63.1. The van der Waals surface area contributed by atoms with Gasteiger partial charge in [0.2, 0.25) is 5.91 Å². The maximum Gasteiger partial charge on any atom is 0.306 e. The number of allylic oxidation sites excluding steroid dienone is 9. The lowest BCUT2D eigenvalue weighted by Gasteiger charge is -2.41. The highest BCUT2D eigenvalue weighted by Crippen LogP contribution is 2.26. The maximum atomic E-state index is 13.5. The van der Waals surface area contributed by atoms with Crippen LogP contribution in [0, 0.1) is 0 Å². The van der Waals surface area contributed by atoms with Crippen LogP contribution >= 0.6 is 0 Å². The highest BCUT2D eigenvalue weighted by molar-refractivity contribution is 5.80. The highest BCUT2D eigenvalue weighted by atomic mass is 16.7. The van der Waals surface area contributed by atoms with Gasteiger partial charge in [-0.15, -0.1) is 0 Å². The average molecular weight is 1230 g/mol. The van der Waals surface area contributed by atoms with Crippen LogP contribution < -0.4 is 5.32 Å². The first-order valence-electron chi connectivity index (χ1n) is 37.1. The quantitative estimate of drug-likeness (QED) is 0.0195. The van der Waals surface area contributed by atoms with Crippen LogP contribution in [0.2, 0.25) is 0 Å². The van der Waals surface area contributed by atoms with Gasteiger partial charge >= 0.3 is 5.97 Å². The zero-order valence-electron chi connectivity index (χ0n) is 56.6. The Morgan fingerprint density at radius 3 is 1.22 bits per heavy atom. The Balaban J connectivity index is 2.52. The minimum absolute atomic E-state index is 0.124. The third kappa shape index (κ3) is 50.7. The molecule has 1 rings (SSSR count). The van der Waals surface area contributed by atoms with E-state index in [1.54, 1.807) is 6.08 Å². The summed E-state index contributed by atoms with van der Waals surface area (Å²) in [6.45, 7) is 5.80. The normalized spacial score (nSPS) is 18.6. The number of amides is 1. The van der Waals surface area contributed by atoms with Gasteiger partial charge in [-0.3, -0.25) is 9.59 Å². The fourth-order valence-electron chi connectivity index (χ4n) is 11.5. The first-order valence-corrected chi connectivity index (χ1v) is 37.1. The van der Waals surface area contributed by atoms with E-state index in [0.29, 0.717) is 19.3 Å². The minimum atomic E-state index is -1.61. The lowest BCUT2D eigenvalue weighted by Crippen LogP contribution is -2.61. The number of hydrogen-bond donors (Lipinski definition) is 6. The van der Waals surface area contributed by atoms with Crippen molar-refractivity contribution in [2.24, 2.45) is 0 Å². The summed E-state index contributed by atoms with van der Waals surface area (Å²) in [4.78, 5) is 26.7. The molecule has 8 atom stereocenters. The number of carbonyl (C=O) groups excluding carboxylic acids is 2. The number of nitrogens with one attached hydrogen (secondary N) is 1. The second kappa shape index (κ2) is 63.5. The molecule has 1 saturated heterocycles. The van der Waals surface area contributed by atoms with E-state index in [0.717, 1.165) is 70.6 Å². The van der Waals surface area contributed by atoms with E-state index < -0.39 is 67.4 Å². The lowest BCUT2D eigenvalue weighted by atomic mass is 9.99. The average Bonchev–Trinajstić information content (AvgIpc) is 1.30. The molecule has 0 spiro atoms. The van der Waals surface area contributed by atoms with Crippen molar-refractivity contribution in [2.75, 3.05) is 13.2 Å². The maximum absolute atomic E-state index is 13.5. The Kier molecular flexibility index (Phi) is 60.1. The number of aliphatic hydroxyl groups excluding tert-OH is 5. The number of unbranched alkanes of at least 4 members (excludes halogenated alkanes) is 42. The standard InChI is InChI=1S/C76H139NO10/c1-4-7-10-13-16-19-22-24-26-28-30-32-33-34-35-36-38-39-41-43-45-48-51-54-57-60-63-69(80)75(84)77-67(68(79)62-59-56-53-50-47-21-18-15-12-9-6-3)66-85-76-74(73(83)72(82)70(65-78)86-76)87-71(81)64-61-58-55-52-49-46-44-42-40-37-31-29-27-25-23-20-17-14-11-8-5-2/h16,19,24-27,30,32,59,62,67-70,72-74,76,78-80,82-83H,4-15,17-18,20-23,28-29,31,33-58,60-61,63-66H2,1-3H3,(H,77,84)/b19-16-,26-24-,27-25+,32-30-,62-59+. The third-order valence-electron chi connectivity index (χ3n) is 17.4. The molecule has 0 bridgehead atoms. The number of ether oxygens (including phenoxy) is 3. The summed E-state index contributed by atoms with van der Waals surface area (Å²) in [6, 6.07) is -1.03. The molecular weight excluding hydrogens is 1090 g/mol. The highest BCUT2D eigenvalue weighted by Gasteiger charge is 2.47. The summed E-state index contributed by atoms with van der Waals surface area (Å²) >= 11 is 0. The van der Waals surface area contributed by atoms with Crippen LogP contribution in [-0.4, -0.2) is 99.6 Å². The van der Waals surface area contributed by atoms with Gasteiger partial charge < -0.3 is 45.1 Å². The lowest BCUT2D eigenvalue weighted by molar-refractivity contribution is -0.305. The molecule has 1 heterocycles. The Hall–Kier alpha value is -2.64. The van der Waals surface area contributed by atoms with Gasteiger partial charge in [-0.2, -0.15) is 0 Å². The number of aliphatic hydroxyl groups is 5. The number of esters is 1. The molecule has 6 N–H and O–H groups in total. The van der Waals surface area contributed by atoms with Crippen molar-refractivity contribution in [3.63, 3.8) is 0 Å². The van der Waals surface area contributed by atoms with Gasteiger partial charge in [-0.25, -0.2) is 0 Å². The van der Waals surface area contributed by atoms with Crippen LogP contribution in [0.25, 0.3) is 0 Å². The smallest absolute Gasteiger partial charge is 0.306 e. The van der Waals surface area contributed by atoms with Crippen molar-refractivity contribution in [3.8, 4) is 0 Å². The van der Waals surface area contributed by atoms with Crippen LogP contribution in [0.5, 0.6) is 0 Å². The molecule has 0 aromatic rings. The molecule has 1 aliphatic rings. The number of hydrogen-bond acceptors (Lipinski definition) is 10. The van der Waals surface area contributed by atoms with Crippen molar-refractivity contribution < 1.29 is 49.3 Å². The molecule has 87 heavy (non-hydrogen) atoms. The molecule has 1 amide bonds. The first-order chi connectivity index (χ1) is 42.7. The van der Waals surface area contributed by atoms with Crippen molar-refractivity contribution in [1.29, 1.82) is 0 Å². The molecule has 8 unspecified atom stereocenters. The van der Waals surface area contributed by atoms with E-state index in [1.807, 2.05) is 6.08 Å². The van der Waals surface area contributed by atoms with Crippen molar-refractivity contribution in [1.82, 2.24) is 5.32 Å². The topological polar surface area (TPSA) is 175 Å². The Bertz CT molecular complexity index is 1650. The minimum Gasteiger partial charge on any atom is -0.454 e. The van der Waals surface area contributed by atoms with Crippen molar-refractivity contribution in [2.45, 2.75) is 397 Å². The summed E-state index contributed by atoms with van der Waals surface area (Å²) in [7, 11) is 0. The zero-order valence-corrected chi connectivity index (χ0v) is 56.6. The fraction of sp³-hybridized carbons (Fsp3) is 0.842. The summed E-state index contributed by atoms with van der Waals surface area (Å²) in [6.07, 6.45) is 71.2. The predicted molar refractivity (Wildman–Crippen MR) is 366 cm³/mol. The van der Waals surface area contributed by atoms with E-state index in [-0.39, 0.29) is 13.0 Å². The molecule has 0 aliphatic carbocycles. The van der Waals surface area contributed by atoms with Crippen LogP contribution in [0.4, 0.5) is 0 Å². The number of rotatable bonds is 64. The molecule has 1 fully saturated rings. The van der Waals surface area contributed by atoms with E-state index in [4.69, 9.17) is 14.2 Å². The van der Waals surface area contributed by atoms with E-state index in [9.17, 15) is 35.1 Å². The second-order valence-corrected chi connectivity index (χ2v) is 25.7. The van der Waals surface area contributed by atoms with Crippen LogP contribution in [0.1, 0.15) is 348 Å². The van der Waals surface area contributed by atoms with Gasteiger partial charge in [0.1, 0.15) is 24.4 Å². The molecule has 11 heteroatoms. The fourth-order valence-corrected chi connectivity index (χ4v) is 11.5. The molecule has 1 aliphatic heterocycles. The second-order valence-electron chi connectivity index (χ2n) is 25.7. The molecule has 508 valence electrons. The molecule has 0 saturated carbocycles. The van der Waals surface area contributed by atoms with Crippen molar-refractivity contribution >= 4 is 11.9 Å². The van der Waals surface area contributed by atoms with E-state index in [1.165, 1.54) is 231 Å². The molecule has 11 nitrogen and oxygen atoms in total. The monoisotopic (exact) mass is 1230 g/mol. The van der Waals surface area contributed by atoms with Gasteiger partial charge in [-0.1, -0.05) is 313 Å². The van der Waals surface area contributed by atoms with Gasteiger partial charge in [0.15, 0.2) is 12.4 Å². The van der Waals surface area contributed by atoms with E-state index in [2.05, 4.69) is 74.7 Å². The van der Waals surface area contributed by atoms with Crippen LogP contribution in [-0.2, 0) is 23.8 Å². The van der Waals surface area contributed by atoms with E-state index >= 15 is 0 Å². The van der Waals surface area contributed by atoms with Gasteiger partial charge in [0.05, 0.1) is 25.4 Å². The van der Waals surface area contributed by atoms with Crippen LogP contribution in [0.3, 0.4) is 0 Å². The summed E-state index contributed by atoms with van der Waals surface area (Å²) in [5.74, 6) is -1.18. The largest absolute Gasteiger partial charge is 0.454 e. The number of carbonyl (C=O) groups is 2. The van der Waals surface area contributed by atoms with Crippen LogP contribution in [0.15, 0.2) is 60.8 Å². The summed E-state index contributed by atoms with van der Waals surface area (Å²) < 4.78 is 17.7. The van der Waals surface area contributed by atoms with Gasteiger partial charge in [0.25, 0.3) is 0 Å². The van der Waals surface area contributed by atoms with Crippen molar-refractivity contribution in [3.05, 3.63) is 60.8 Å². The Morgan fingerprint density at radius 1 is 0.448 bits per heavy atom. The molecular formula is C76H139NO10. The molecule has 0 radical (unpaired) electrons. The molecule has 0 aromatic carbocycles.